The van der Waals surface area contributed by atoms with Gasteiger partial charge in [-0.1, -0.05) is 18.2 Å². The average molecular weight is 325 g/mol. The lowest BCUT2D eigenvalue weighted by molar-refractivity contribution is -0.114. The van der Waals surface area contributed by atoms with Gasteiger partial charge in [-0.15, -0.1) is 0 Å². The van der Waals surface area contributed by atoms with Gasteiger partial charge in [-0.25, -0.2) is 5.43 Å². The van der Waals surface area contributed by atoms with Gasteiger partial charge in [-0.3, -0.25) is 9.59 Å². The van der Waals surface area contributed by atoms with Crippen molar-refractivity contribution in [3.63, 3.8) is 0 Å². The van der Waals surface area contributed by atoms with Gasteiger partial charge < -0.3 is 5.32 Å². The first-order valence-electron chi connectivity index (χ1n) is 7.94. The van der Waals surface area contributed by atoms with Crippen LogP contribution in [0.4, 0.5) is 5.69 Å². The van der Waals surface area contributed by atoms with Crippen LogP contribution in [-0.4, -0.2) is 17.5 Å². The zero-order valence-corrected chi connectivity index (χ0v) is 14.3. The molecule has 0 aromatic heterocycles. The fourth-order valence-corrected chi connectivity index (χ4v) is 2.51. The Morgan fingerprint density at radius 3 is 2.46 bits per heavy atom. The van der Waals surface area contributed by atoms with E-state index in [9.17, 15) is 9.59 Å². The summed E-state index contributed by atoms with van der Waals surface area (Å²) in [5.74, 6) is -0.0476. The van der Waals surface area contributed by atoms with Crippen molar-refractivity contribution >= 4 is 23.2 Å². The van der Waals surface area contributed by atoms with Crippen molar-refractivity contribution in [3.8, 4) is 0 Å². The molecule has 0 bridgehead atoms. The quantitative estimate of drug-likeness (QED) is 0.655. The van der Waals surface area contributed by atoms with Crippen molar-refractivity contribution in [2.24, 2.45) is 11.0 Å². The van der Waals surface area contributed by atoms with Crippen LogP contribution in [0, 0.1) is 5.92 Å². The number of carbonyl (C=O) groups is 2. The minimum absolute atomic E-state index is 0.148. The van der Waals surface area contributed by atoms with Crippen molar-refractivity contribution in [1.29, 1.82) is 0 Å². The van der Waals surface area contributed by atoms with E-state index in [0.717, 1.165) is 29.7 Å². The molecule has 0 heterocycles. The molecule has 5 heteroatoms. The fourth-order valence-electron chi connectivity index (χ4n) is 2.51. The van der Waals surface area contributed by atoms with Gasteiger partial charge in [-0.05, 0) is 62.4 Å². The molecule has 0 saturated carbocycles. The first-order chi connectivity index (χ1) is 11.4. The summed E-state index contributed by atoms with van der Waals surface area (Å²) in [7, 11) is 0. The van der Waals surface area contributed by atoms with Gasteiger partial charge in [0, 0.05) is 18.2 Å². The van der Waals surface area contributed by atoms with E-state index >= 15 is 0 Å². The molecule has 0 spiro atoms. The molecule has 0 aliphatic heterocycles. The maximum atomic E-state index is 12.2. The molecule has 126 valence electrons. The summed E-state index contributed by atoms with van der Waals surface area (Å²) < 4.78 is 0. The molecule has 2 amide bonds. The van der Waals surface area contributed by atoms with E-state index in [-0.39, 0.29) is 11.8 Å². The van der Waals surface area contributed by atoms with E-state index < -0.39 is 0 Å². The number of hydrogen-bond donors (Lipinski definition) is 2. The van der Waals surface area contributed by atoms with Crippen LogP contribution in [0.5, 0.6) is 0 Å². The third-order valence-corrected chi connectivity index (χ3v) is 4.06. The molecular weight excluding hydrogens is 302 g/mol. The average Bonchev–Trinajstić information content (AvgIpc) is 2.53. The molecule has 1 aromatic carbocycles. The van der Waals surface area contributed by atoms with Gasteiger partial charge in [-0.2, -0.15) is 5.10 Å². The molecule has 0 fully saturated rings. The third kappa shape index (κ3) is 4.65. The highest BCUT2D eigenvalue weighted by molar-refractivity contribution is 6.02. The number of carbonyl (C=O) groups excluding carboxylic acids is 2. The van der Waals surface area contributed by atoms with Gasteiger partial charge in [0.25, 0.3) is 5.91 Å². The minimum atomic E-state index is -0.276. The van der Waals surface area contributed by atoms with Gasteiger partial charge in [0.15, 0.2) is 0 Å². The Bertz CT molecular complexity index is 715. The number of nitrogens with zero attached hydrogens (tertiary/aromatic N) is 1. The van der Waals surface area contributed by atoms with Crippen molar-refractivity contribution in [2.45, 2.75) is 33.6 Å². The predicted molar refractivity (Wildman–Crippen MR) is 96.9 cm³/mol. The second-order valence-electron chi connectivity index (χ2n) is 6.13. The minimum Gasteiger partial charge on any atom is -0.326 e. The number of nitrogens with one attached hydrogen (secondary N) is 2. The van der Waals surface area contributed by atoms with Crippen LogP contribution in [-0.2, 0) is 4.79 Å². The molecule has 2 N–H and O–H groups in total. The predicted octanol–water partition coefficient (Wildman–Crippen LogP) is 3.66. The molecule has 2 rings (SSSR count). The van der Waals surface area contributed by atoms with Gasteiger partial charge in [0.2, 0.25) is 5.91 Å². The number of anilines is 1. The van der Waals surface area contributed by atoms with E-state index in [1.807, 2.05) is 13.8 Å². The standard InChI is InChI=1S/C19H23N3O2/c1-12(2)16-6-5-13(3)18(11-16)21-22-19(24)15-7-9-17(10-8-15)20-14(4)23/h5,7-10,16H,1,6,11H2,2-4H3,(H,20,23)(H,22,24)/b21-18+. The summed E-state index contributed by atoms with van der Waals surface area (Å²) in [4.78, 5) is 23.2. The molecule has 0 radical (unpaired) electrons. The van der Waals surface area contributed by atoms with Crippen molar-refractivity contribution in [3.05, 3.63) is 53.6 Å². The number of amides is 2. The summed E-state index contributed by atoms with van der Waals surface area (Å²) in [5, 5.41) is 6.94. The van der Waals surface area contributed by atoms with Gasteiger partial charge in [0.1, 0.15) is 0 Å². The maximum absolute atomic E-state index is 12.2. The highest BCUT2D eigenvalue weighted by Gasteiger charge is 2.18. The lowest BCUT2D eigenvalue weighted by atomic mass is 9.85. The van der Waals surface area contributed by atoms with Crippen LogP contribution in [0.1, 0.15) is 44.0 Å². The summed E-state index contributed by atoms with van der Waals surface area (Å²) in [5.41, 5.74) is 6.86. The van der Waals surface area contributed by atoms with Crippen LogP contribution in [0.15, 0.2) is 53.2 Å². The highest BCUT2D eigenvalue weighted by atomic mass is 16.2. The third-order valence-electron chi connectivity index (χ3n) is 4.06. The van der Waals surface area contributed by atoms with Crippen molar-refractivity contribution in [1.82, 2.24) is 5.43 Å². The van der Waals surface area contributed by atoms with E-state index in [1.165, 1.54) is 6.92 Å². The van der Waals surface area contributed by atoms with E-state index in [0.29, 0.717) is 17.2 Å². The van der Waals surface area contributed by atoms with Crippen molar-refractivity contribution < 1.29 is 9.59 Å². The van der Waals surface area contributed by atoms with Gasteiger partial charge >= 0.3 is 0 Å². The van der Waals surface area contributed by atoms with E-state index in [2.05, 4.69) is 28.5 Å². The summed E-state index contributed by atoms with van der Waals surface area (Å²) in [6.45, 7) is 9.47. The fraction of sp³-hybridized carbons (Fsp3) is 0.316. The smallest absolute Gasteiger partial charge is 0.271 e. The van der Waals surface area contributed by atoms with Crippen molar-refractivity contribution in [2.75, 3.05) is 5.32 Å². The second kappa shape index (κ2) is 7.73. The lowest BCUT2D eigenvalue weighted by Crippen LogP contribution is -2.23. The molecule has 1 atom stereocenters. The Hall–Kier alpha value is -2.69. The number of allylic oxidation sites excluding steroid dienone is 3. The van der Waals surface area contributed by atoms with Crippen LogP contribution in [0.3, 0.4) is 0 Å². The number of hydrogen-bond acceptors (Lipinski definition) is 3. The zero-order valence-electron chi connectivity index (χ0n) is 14.3. The molecule has 1 aliphatic carbocycles. The van der Waals surface area contributed by atoms with E-state index in [1.54, 1.807) is 24.3 Å². The van der Waals surface area contributed by atoms with Crippen LogP contribution < -0.4 is 10.7 Å². The first kappa shape index (κ1) is 17.7. The Morgan fingerprint density at radius 2 is 1.88 bits per heavy atom. The zero-order chi connectivity index (χ0) is 17.7. The van der Waals surface area contributed by atoms with E-state index in [4.69, 9.17) is 0 Å². The Kier molecular flexibility index (Phi) is 5.68. The Labute approximate surface area is 142 Å². The Balaban J connectivity index is 2.03. The molecule has 1 aliphatic rings. The largest absolute Gasteiger partial charge is 0.326 e. The Morgan fingerprint density at radius 1 is 1.21 bits per heavy atom. The molecule has 1 aromatic rings. The topological polar surface area (TPSA) is 70.6 Å². The molecule has 0 saturated heterocycles. The number of rotatable bonds is 4. The maximum Gasteiger partial charge on any atom is 0.271 e. The van der Waals surface area contributed by atoms with Crippen LogP contribution in [0.2, 0.25) is 0 Å². The normalized spacial score (nSPS) is 18.7. The first-order valence-corrected chi connectivity index (χ1v) is 7.94. The second-order valence-corrected chi connectivity index (χ2v) is 6.13. The number of benzene rings is 1. The lowest BCUT2D eigenvalue weighted by Gasteiger charge is -2.22. The highest BCUT2D eigenvalue weighted by Crippen LogP contribution is 2.26. The molecule has 1 unspecified atom stereocenters. The molecule has 24 heavy (non-hydrogen) atoms. The summed E-state index contributed by atoms with van der Waals surface area (Å²) in [6, 6.07) is 6.68. The summed E-state index contributed by atoms with van der Waals surface area (Å²) in [6.07, 6.45) is 3.90. The molecular formula is C19H23N3O2. The van der Waals surface area contributed by atoms with Crippen LogP contribution >= 0.6 is 0 Å². The summed E-state index contributed by atoms with van der Waals surface area (Å²) >= 11 is 0. The number of hydrazone groups is 1. The van der Waals surface area contributed by atoms with Gasteiger partial charge in [0.05, 0.1) is 5.71 Å². The monoisotopic (exact) mass is 325 g/mol. The van der Waals surface area contributed by atoms with Crippen LogP contribution in [0.25, 0.3) is 0 Å². The molecule has 5 nitrogen and oxygen atoms in total. The SMILES string of the molecule is C=C(C)C1CC=C(C)/C(=N/NC(=O)c2ccc(NC(C)=O)cc2)C1.